The molecule has 2 aliphatic heterocycles. The van der Waals surface area contributed by atoms with E-state index >= 15 is 0 Å². The number of carbonyl (C=O) groups excluding carboxylic acids is 8. The zero-order valence-corrected chi connectivity index (χ0v) is 32.4. The summed E-state index contributed by atoms with van der Waals surface area (Å²) in [5, 5.41) is 2.50. The minimum absolute atomic E-state index is 0.00335. The van der Waals surface area contributed by atoms with Gasteiger partial charge in [0.05, 0.1) is 6.61 Å². The van der Waals surface area contributed by atoms with E-state index in [1.54, 1.807) is 24.3 Å². The van der Waals surface area contributed by atoms with E-state index in [1.807, 2.05) is 6.07 Å². The summed E-state index contributed by atoms with van der Waals surface area (Å²) in [5.41, 5.74) is 0.750. The lowest BCUT2D eigenvalue weighted by atomic mass is 9.96. The van der Waals surface area contributed by atoms with Crippen LogP contribution in [0.5, 0.6) is 0 Å². The molecule has 57 heavy (non-hydrogen) atoms. The predicted octanol–water partition coefficient (Wildman–Crippen LogP) is 0.549. The Bertz CT molecular complexity index is 1570. The average molecular weight is 814 g/mol. The molecule has 10 atom stereocenters. The van der Waals surface area contributed by atoms with Gasteiger partial charge in [0.1, 0.15) is 38.1 Å². The van der Waals surface area contributed by atoms with Gasteiger partial charge in [-0.15, -0.1) is 0 Å². The Kier molecular flexibility index (Phi) is 18.1. The maximum absolute atomic E-state index is 12.6. The Morgan fingerprint density at radius 1 is 0.526 bits per heavy atom. The van der Waals surface area contributed by atoms with Crippen molar-refractivity contribution in [3.63, 3.8) is 0 Å². The van der Waals surface area contributed by atoms with Gasteiger partial charge in [-0.25, -0.2) is 4.79 Å². The first-order chi connectivity index (χ1) is 26.9. The van der Waals surface area contributed by atoms with Crippen LogP contribution in [-0.2, 0) is 97.0 Å². The molecule has 21 nitrogen and oxygen atoms in total. The second kappa shape index (κ2) is 22.4. The van der Waals surface area contributed by atoms with Gasteiger partial charge in [0.25, 0.3) is 0 Å². The Labute approximate surface area is 327 Å². The van der Waals surface area contributed by atoms with Crippen LogP contribution in [0.2, 0.25) is 0 Å². The lowest BCUT2D eigenvalue weighted by Crippen LogP contribution is -2.67. The second-order valence-electron chi connectivity index (χ2n) is 12.5. The van der Waals surface area contributed by atoms with E-state index in [2.05, 4.69) is 5.32 Å². The molecule has 0 saturated carbocycles. The maximum atomic E-state index is 12.6. The predicted molar refractivity (Wildman–Crippen MR) is 184 cm³/mol. The van der Waals surface area contributed by atoms with Crippen molar-refractivity contribution in [1.29, 1.82) is 0 Å². The molecule has 2 aliphatic rings. The first kappa shape index (κ1) is 46.0. The molecule has 0 aliphatic carbocycles. The van der Waals surface area contributed by atoms with Crippen molar-refractivity contribution in [3.8, 4) is 0 Å². The van der Waals surface area contributed by atoms with Gasteiger partial charge in [0, 0.05) is 55.0 Å². The number of benzene rings is 1. The minimum atomic E-state index is -1.83. The topological polar surface area (TPSA) is 259 Å². The van der Waals surface area contributed by atoms with E-state index < -0.39 is 123 Å². The van der Waals surface area contributed by atoms with Crippen LogP contribution in [0.3, 0.4) is 0 Å². The number of hydrogen-bond donors (Lipinski definition) is 1. The molecule has 0 spiro atoms. The molecule has 2 heterocycles. The monoisotopic (exact) mass is 813 g/mol. The van der Waals surface area contributed by atoms with Crippen LogP contribution in [0.15, 0.2) is 30.3 Å². The zero-order valence-electron chi connectivity index (χ0n) is 32.4. The van der Waals surface area contributed by atoms with Crippen molar-refractivity contribution in [2.45, 2.75) is 116 Å². The van der Waals surface area contributed by atoms with Crippen molar-refractivity contribution >= 4 is 47.9 Å². The molecule has 1 aromatic rings. The van der Waals surface area contributed by atoms with Crippen molar-refractivity contribution < 1.29 is 95.2 Å². The number of ether oxygens (including phenoxy) is 12. The van der Waals surface area contributed by atoms with Gasteiger partial charge in [-0.1, -0.05) is 30.3 Å². The van der Waals surface area contributed by atoms with Gasteiger partial charge < -0.3 is 62.2 Å². The van der Waals surface area contributed by atoms with E-state index in [9.17, 15) is 38.4 Å². The minimum Gasteiger partial charge on any atom is -0.463 e. The molecular formula is C36H47NO20. The molecule has 1 N–H and O–H groups in total. The second-order valence-corrected chi connectivity index (χ2v) is 12.5. The summed E-state index contributed by atoms with van der Waals surface area (Å²) >= 11 is 0. The fourth-order valence-corrected chi connectivity index (χ4v) is 5.71. The third kappa shape index (κ3) is 15.2. The SMILES string of the molecule is CC(=O)OCC1OC(OC2C(COC(C)=O)OC(OCCNC(=O)OCc3ccccc3)C(OC(C)=O)C2OC(C)=O)C(OC(C)=O)C(OC(C)=O)C1OC(C)=O. The van der Waals surface area contributed by atoms with E-state index in [-0.39, 0.29) is 19.8 Å². The third-order valence-corrected chi connectivity index (χ3v) is 7.75. The van der Waals surface area contributed by atoms with E-state index in [0.29, 0.717) is 0 Å². The van der Waals surface area contributed by atoms with Gasteiger partial charge in [-0.05, 0) is 5.56 Å². The number of hydrogen-bond acceptors (Lipinski definition) is 20. The largest absolute Gasteiger partial charge is 0.463 e. The van der Waals surface area contributed by atoms with Crippen LogP contribution in [0.25, 0.3) is 0 Å². The standard InChI is InChI=1S/C36H47NO20/c1-18(38)47-16-26-28(50-20(3)40)30(51-21(4)41)33(54-24(7)44)35(56-26)57-29-27(17-48-19(2)39)55-34(32(53-23(6)43)31(29)52-22(5)42)46-14-13-37-36(45)49-15-25-11-9-8-10-12-25/h8-12,26-35H,13-17H2,1-7H3,(H,37,45). The number of esters is 7. The summed E-state index contributed by atoms with van der Waals surface area (Å²) in [4.78, 5) is 98.1. The molecule has 0 aromatic heterocycles. The first-order valence-corrected chi connectivity index (χ1v) is 17.6. The van der Waals surface area contributed by atoms with Crippen LogP contribution in [0, 0.1) is 0 Å². The fourth-order valence-electron chi connectivity index (χ4n) is 5.71. The fraction of sp³-hybridized carbons (Fsp3) is 0.611. The van der Waals surface area contributed by atoms with Crippen LogP contribution in [0.1, 0.15) is 54.0 Å². The van der Waals surface area contributed by atoms with Crippen molar-refractivity contribution in [2.24, 2.45) is 0 Å². The highest BCUT2D eigenvalue weighted by Crippen LogP contribution is 2.35. The number of nitrogens with one attached hydrogen (secondary N) is 1. The highest BCUT2D eigenvalue weighted by Gasteiger charge is 2.57. The smallest absolute Gasteiger partial charge is 0.407 e. The summed E-state index contributed by atoms with van der Waals surface area (Å²) < 4.78 is 67.3. The summed E-state index contributed by atoms with van der Waals surface area (Å²) in [6.07, 6.45) is -16.8. The van der Waals surface area contributed by atoms with Crippen LogP contribution < -0.4 is 5.32 Å². The average Bonchev–Trinajstić information content (AvgIpc) is 3.11. The lowest BCUT2D eigenvalue weighted by molar-refractivity contribution is -0.361. The normalized spacial score (nSPS) is 26.7. The van der Waals surface area contributed by atoms with E-state index in [0.717, 1.165) is 54.0 Å². The number of alkyl carbamates (subject to hydrolysis) is 1. The summed E-state index contributed by atoms with van der Waals surface area (Å²) in [7, 11) is 0. The molecule has 1 amide bonds. The maximum Gasteiger partial charge on any atom is 0.407 e. The molecular weight excluding hydrogens is 766 g/mol. The van der Waals surface area contributed by atoms with E-state index in [1.165, 1.54) is 0 Å². The molecule has 0 radical (unpaired) electrons. The molecule has 10 unspecified atom stereocenters. The number of amides is 1. The molecule has 1 aromatic carbocycles. The molecule has 0 bridgehead atoms. The summed E-state index contributed by atoms with van der Waals surface area (Å²) in [6, 6.07) is 8.91. The summed E-state index contributed by atoms with van der Waals surface area (Å²) in [5.74, 6) is -6.07. The highest BCUT2D eigenvalue weighted by atomic mass is 16.8. The molecule has 3 rings (SSSR count). The van der Waals surface area contributed by atoms with Crippen molar-refractivity contribution in [2.75, 3.05) is 26.4 Å². The van der Waals surface area contributed by atoms with Gasteiger partial charge in [0.15, 0.2) is 43.1 Å². The van der Waals surface area contributed by atoms with Gasteiger partial charge in [-0.3, -0.25) is 33.6 Å². The summed E-state index contributed by atoms with van der Waals surface area (Å²) in [6.45, 7) is 5.74. The third-order valence-electron chi connectivity index (χ3n) is 7.75. The van der Waals surface area contributed by atoms with E-state index in [4.69, 9.17) is 56.8 Å². The highest BCUT2D eigenvalue weighted by molar-refractivity contribution is 5.69. The number of rotatable bonds is 17. The van der Waals surface area contributed by atoms with Crippen LogP contribution in [-0.4, -0.2) is 136 Å². The molecule has 316 valence electrons. The van der Waals surface area contributed by atoms with Crippen molar-refractivity contribution in [1.82, 2.24) is 5.32 Å². The van der Waals surface area contributed by atoms with Crippen molar-refractivity contribution in [3.05, 3.63) is 35.9 Å². The Morgan fingerprint density at radius 3 is 1.47 bits per heavy atom. The van der Waals surface area contributed by atoms with Gasteiger partial charge in [0.2, 0.25) is 0 Å². The Morgan fingerprint density at radius 2 is 0.965 bits per heavy atom. The first-order valence-electron chi connectivity index (χ1n) is 17.6. The Hall–Kier alpha value is -5.38. The zero-order chi connectivity index (χ0) is 42.2. The van der Waals surface area contributed by atoms with Crippen LogP contribution in [0.4, 0.5) is 4.79 Å². The Balaban J connectivity index is 1.98. The molecule has 2 saturated heterocycles. The molecule has 2 fully saturated rings. The number of carbonyl (C=O) groups is 8. The lowest BCUT2D eigenvalue weighted by Gasteiger charge is -2.48. The molecule has 21 heteroatoms. The van der Waals surface area contributed by atoms with Gasteiger partial charge in [-0.2, -0.15) is 0 Å². The van der Waals surface area contributed by atoms with Gasteiger partial charge >= 0.3 is 47.9 Å². The quantitative estimate of drug-likeness (QED) is 0.128. The van der Waals surface area contributed by atoms with Crippen LogP contribution >= 0.6 is 0 Å².